The Balaban J connectivity index is 1.61. The summed E-state index contributed by atoms with van der Waals surface area (Å²) in [6.45, 7) is 7.41. The van der Waals surface area contributed by atoms with E-state index in [4.69, 9.17) is 0 Å². The third kappa shape index (κ3) is 5.55. The Morgan fingerprint density at radius 1 is 0.969 bits per heavy atom. The SMILES string of the molecule is CCCCN1CC(C(=O)Nc2ccc(C(=O)Nc3c(CC)cccc3CC)cc2)CC1=O. The van der Waals surface area contributed by atoms with Crippen molar-refractivity contribution in [3.05, 3.63) is 59.2 Å². The summed E-state index contributed by atoms with van der Waals surface area (Å²) in [5.41, 5.74) is 4.26. The molecule has 1 heterocycles. The van der Waals surface area contributed by atoms with Gasteiger partial charge in [0.2, 0.25) is 11.8 Å². The first-order valence-corrected chi connectivity index (χ1v) is 11.6. The lowest BCUT2D eigenvalue weighted by atomic mass is 10.0. The molecule has 32 heavy (non-hydrogen) atoms. The molecule has 3 rings (SSSR count). The number of rotatable bonds is 9. The van der Waals surface area contributed by atoms with Gasteiger partial charge >= 0.3 is 0 Å². The summed E-state index contributed by atoms with van der Waals surface area (Å²) in [5.74, 6) is -0.616. The maximum Gasteiger partial charge on any atom is 0.255 e. The van der Waals surface area contributed by atoms with E-state index in [-0.39, 0.29) is 30.1 Å². The number of benzene rings is 2. The summed E-state index contributed by atoms with van der Waals surface area (Å²) in [7, 11) is 0. The van der Waals surface area contributed by atoms with Crippen molar-refractivity contribution in [3.63, 3.8) is 0 Å². The normalized spacial score (nSPS) is 15.7. The van der Waals surface area contributed by atoms with E-state index < -0.39 is 0 Å². The van der Waals surface area contributed by atoms with Crippen LogP contribution in [0, 0.1) is 5.92 Å². The van der Waals surface area contributed by atoms with Crippen molar-refractivity contribution in [2.75, 3.05) is 23.7 Å². The van der Waals surface area contributed by atoms with Crippen LogP contribution in [-0.4, -0.2) is 35.7 Å². The minimum atomic E-state index is -0.333. The summed E-state index contributed by atoms with van der Waals surface area (Å²) in [6, 6.07) is 13.0. The third-order valence-electron chi connectivity index (χ3n) is 6.02. The first kappa shape index (κ1) is 23.5. The predicted molar refractivity (Wildman–Crippen MR) is 128 cm³/mol. The molecule has 1 atom stereocenters. The van der Waals surface area contributed by atoms with Gasteiger partial charge in [-0.3, -0.25) is 14.4 Å². The molecule has 0 spiro atoms. The van der Waals surface area contributed by atoms with Crippen molar-refractivity contribution in [2.24, 2.45) is 5.92 Å². The van der Waals surface area contributed by atoms with Gasteiger partial charge < -0.3 is 15.5 Å². The van der Waals surface area contributed by atoms with E-state index in [0.29, 0.717) is 24.3 Å². The van der Waals surface area contributed by atoms with Crippen LogP contribution in [0.15, 0.2) is 42.5 Å². The predicted octanol–water partition coefficient (Wildman–Crippen LogP) is 4.65. The Labute approximate surface area is 190 Å². The van der Waals surface area contributed by atoms with Gasteiger partial charge in [0, 0.05) is 36.4 Å². The number of aryl methyl sites for hydroxylation is 2. The Bertz CT molecular complexity index is 947. The van der Waals surface area contributed by atoms with Crippen LogP contribution in [0.4, 0.5) is 11.4 Å². The van der Waals surface area contributed by atoms with Gasteiger partial charge in [0.1, 0.15) is 0 Å². The Kier molecular flexibility index (Phi) is 8.03. The van der Waals surface area contributed by atoms with E-state index in [1.165, 1.54) is 0 Å². The Hall–Kier alpha value is -3.15. The molecule has 6 nitrogen and oxygen atoms in total. The number of nitrogens with one attached hydrogen (secondary N) is 2. The van der Waals surface area contributed by atoms with Crippen LogP contribution in [-0.2, 0) is 22.4 Å². The van der Waals surface area contributed by atoms with Crippen LogP contribution in [0.1, 0.15) is 61.5 Å². The number of hydrogen-bond donors (Lipinski definition) is 2. The lowest BCUT2D eigenvalue weighted by Crippen LogP contribution is -2.29. The Morgan fingerprint density at radius 2 is 1.62 bits per heavy atom. The molecule has 2 aromatic rings. The van der Waals surface area contributed by atoms with Crippen LogP contribution >= 0.6 is 0 Å². The zero-order valence-electron chi connectivity index (χ0n) is 19.2. The number of nitrogens with zero attached hydrogens (tertiary/aromatic N) is 1. The Morgan fingerprint density at radius 3 is 2.22 bits per heavy atom. The van der Waals surface area contributed by atoms with E-state index in [1.54, 1.807) is 29.2 Å². The maximum absolute atomic E-state index is 12.8. The number of amides is 3. The van der Waals surface area contributed by atoms with Gasteiger partial charge in [-0.1, -0.05) is 45.4 Å². The summed E-state index contributed by atoms with van der Waals surface area (Å²) < 4.78 is 0. The van der Waals surface area contributed by atoms with Crippen molar-refractivity contribution >= 4 is 29.1 Å². The highest BCUT2D eigenvalue weighted by Gasteiger charge is 2.33. The lowest BCUT2D eigenvalue weighted by molar-refractivity contribution is -0.128. The molecule has 0 aromatic heterocycles. The molecule has 0 saturated carbocycles. The number of hydrogen-bond acceptors (Lipinski definition) is 3. The molecule has 170 valence electrons. The number of carbonyl (C=O) groups excluding carboxylic acids is 3. The molecule has 1 aliphatic heterocycles. The van der Waals surface area contributed by atoms with Gasteiger partial charge in [-0.25, -0.2) is 0 Å². The third-order valence-corrected chi connectivity index (χ3v) is 6.02. The molecule has 0 radical (unpaired) electrons. The fourth-order valence-corrected chi connectivity index (χ4v) is 4.05. The number of para-hydroxylation sites is 1. The number of likely N-dealkylation sites (tertiary alicyclic amines) is 1. The zero-order chi connectivity index (χ0) is 23.1. The van der Waals surface area contributed by atoms with Gasteiger partial charge in [0.15, 0.2) is 0 Å². The zero-order valence-corrected chi connectivity index (χ0v) is 19.2. The second-order valence-corrected chi connectivity index (χ2v) is 8.27. The first-order valence-electron chi connectivity index (χ1n) is 11.6. The van der Waals surface area contributed by atoms with Crippen LogP contribution in [0.2, 0.25) is 0 Å². The van der Waals surface area contributed by atoms with Gasteiger partial charge in [-0.2, -0.15) is 0 Å². The topological polar surface area (TPSA) is 78.5 Å². The molecule has 1 saturated heterocycles. The molecule has 3 amide bonds. The molecule has 0 aliphatic carbocycles. The van der Waals surface area contributed by atoms with Crippen molar-refractivity contribution in [1.82, 2.24) is 4.90 Å². The molecule has 2 aromatic carbocycles. The summed E-state index contributed by atoms with van der Waals surface area (Å²) >= 11 is 0. The van der Waals surface area contributed by atoms with E-state index in [2.05, 4.69) is 31.4 Å². The summed E-state index contributed by atoms with van der Waals surface area (Å²) in [4.78, 5) is 39.3. The van der Waals surface area contributed by atoms with E-state index in [0.717, 1.165) is 42.5 Å². The van der Waals surface area contributed by atoms with Crippen molar-refractivity contribution in [2.45, 2.75) is 52.9 Å². The summed E-state index contributed by atoms with van der Waals surface area (Å²) in [6.07, 6.45) is 3.91. The van der Waals surface area contributed by atoms with Gasteiger partial charge in [0.25, 0.3) is 5.91 Å². The molecule has 1 fully saturated rings. The number of unbranched alkanes of at least 4 members (excludes halogenated alkanes) is 1. The number of anilines is 2. The fourth-order valence-electron chi connectivity index (χ4n) is 4.05. The van der Waals surface area contributed by atoms with Crippen LogP contribution < -0.4 is 10.6 Å². The monoisotopic (exact) mass is 435 g/mol. The van der Waals surface area contributed by atoms with E-state index in [9.17, 15) is 14.4 Å². The highest BCUT2D eigenvalue weighted by Crippen LogP contribution is 2.24. The average Bonchev–Trinajstić information content (AvgIpc) is 3.18. The van der Waals surface area contributed by atoms with Gasteiger partial charge in [-0.05, 0) is 54.7 Å². The van der Waals surface area contributed by atoms with E-state index in [1.807, 2.05) is 18.2 Å². The lowest BCUT2D eigenvalue weighted by Gasteiger charge is -2.16. The largest absolute Gasteiger partial charge is 0.342 e. The van der Waals surface area contributed by atoms with Gasteiger partial charge in [0.05, 0.1) is 5.92 Å². The second kappa shape index (κ2) is 10.9. The van der Waals surface area contributed by atoms with Crippen molar-refractivity contribution < 1.29 is 14.4 Å². The smallest absolute Gasteiger partial charge is 0.255 e. The molecular weight excluding hydrogens is 402 g/mol. The first-order chi connectivity index (χ1) is 15.5. The fraction of sp³-hybridized carbons (Fsp3) is 0.423. The quantitative estimate of drug-likeness (QED) is 0.602. The molecule has 0 bridgehead atoms. The molecule has 1 unspecified atom stereocenters. The number of carbonyl (C=O) groups is 3. The maximum atomic E-state index is 12.8. The molecule has 6 heteroatoms. The van der Waals surface area contributed by atoms with E-state index >= 15 is 0 Å². The summed E-state index contributed by atoms with van der Waals surface area (Å²) in [5, 5.41) is 5.94. The van der Waals surface area contributed by atoms with Crippen molar-refractivity contribution in [1.29, 1.82) is 0 Å². The minimum Gasteiger partial charge on any atom is -0.342 e. The second-order valence-electron chi connectivity index (χ2n) is 8.27. The highest BCUT2D eigenvalue weighted by molar-refractivity contribution is 6.05. The molecular formula is C26H33N3O3. The average molecular weight is 436 g/mol. The highest BCUT2D eigenvalue weighted by atomic mass is 16.2. The van der Waals surface area contributed by atoms with Gasteiger partial charge in [-0.15, -0.1) is 0 Å². The molecule has 2 N–H and O–H groups in total. The molecule has 1 aliphatic rings. The van der Waals surface area contributed by atoms with Crippen LogP contribution in [0.3, 0.4) is 0 Å². The van der Waals surface area contributed by atoms with Crippen molar-refractivity contribution in [3.8, 4) is 0 Å². The standard InChI is InChI=1S/C26H33N3O3/c1-4-7-15-29-17-21(16-23(29)30)26(32)27-22-13-11-20(12-14-22)25(31)28-24-18(5-2)9-8-10-19(24)6-3/h8-14,21H,4-7,15-17H2,1-3H3,(H,27,32)(H,28,31). The van der Waals surface area contributed by atoms with Crippen LogP contribution in [0.5, 0.6) is 0 Å². The minimum absolute atomic E-state index is 0.0458. The van der Waals surface area contributed by atoms with Crippen LogP contribution in [0.25, 0.3) is 0 Å².